The lowest BCUT2D eigenvalue weighted by atomic mass is 9.96. The first-order valence-electron chi connectivity index (χ1n) is 3.73. The van der Waals surface area contributed by atoms with Crippen molar-refractivity contribution in [3.63, 3.8) is 0 Å². The summed E-state index contributed by atoms with van der Waals surface area (Å²) in [5, 5.41) is 5.10. The van der Waals surface area contributed by atoms with Crippen molar-refractivity contribution >= 4 is 12.3 Å². The van der Waals surface area contributed by atoms with E-state index in [-0.39, 0.29) is 12.6 Å². The van der Waals surface area contributed by atoms with Crippen molar-refractivity contribution in [2.75, 3.05) is 6.73 Å². The number of hydrogen-bond acceptors (Lipinski definition) is 4. The van der Waals surface area contributed by atoms with Gasteiger partial charge in [0.05, 0.1) is 0 Å². The molecule has 5 heteroatoms. The van der Waals surface area contributed by atoms with E-state index in [1.807, 2.05) is 20.8 Å². The molecule has 1 rings (SSSR count). The van der Waals surface area contributed by atoms with E-state index in [1.165, 1.54) is 11.5 Å². The minimum absolute atomic E-state index is 0.0786. The van der Waals surface area contributed by atoms with Crippen LogP contribution in [0.5, 0.6) is 0 Å². The highest BCUT2D eigenvalue weighted by molar-refractivity contribution is 5.80. The van der Waals surface area contributed by atoms with Crippen molar-refractivity contribution in [3.05, 3.63) is 0 Å². The van der Waals surface area contributed by atoms with Gasteiger partial charge in [-0.2, -0.15) is 5.12 Å². The fourth-order valence-electron chi connectivity index (χ4n) is 0.574. The van der Waals surface area contributed by atoms with Gasteiger partial charge in [-0.3, -0.25) is 4.79 Å². The second kappa shape index (κ2) is 3.00. The summed E-state index contributed by atoms with van der Waals surface area (Å²) in [7, 11) is 0. The van der Waals surface area contributed by atoms with Gasteiger partial charge < -0.3 is 4.74 Å². The number of carbonyl (C=O) groups is 1. The quantitative estimate of drug-likeness (QED) is 0.617. The molecular formula is C7H13N3O2. The fourth-order valence-corrected chi connectivity index (χ4v) is 0.574. The highest BCUT2D eigenvalue weighted by atomic mass is 16.5. The Morgan fingerprint density at radius 3 is 2.75 bits per heavy atom. The van der Waals surface area contributed by atoms with E-state index in [0.29, 0.717) is 0 Å². The molecule has 1 aliphatic heterocycles. The smallest absolute Gasteiger partial charge is 0.245 e. The Hall–Kier alpha value is -1.26. The third kappa shape index (κ3) is 2.11. The molecular weight excluding hydrogens is 158 g/mol. The highest BCUT2D eigenvalue weighted by Gasteiger charge is 2.23. The molecule has 0 aromatic carbocycles. The molecule has 1 N–H and O–H groups in total. The van der Waals surface area contributed by atoms with Gasteiger partial charge in [-0.25, -0.2) is 5.43 Å². The standard InChI is InChI=1S/C7H13N3O2/c1-7(2,3)6(11)9-10-5-12-4-8-10/h4H,5H2,1-3H3,(H,9,11). The molecule has 0 spiro atoms. The van der Waals surface area contributed by atoms with Gasteiger partial charge in [0.15, 0.2) is 13.1 Å². The number of nitrogens with zero attached hydrogens (tertiary/aromatic N) is 2. The van der Waals surface area contributed by atoms with Crippen LogP contribution in [0.4, 0.5) is 0 Å². The van der Waals surface area contributed by atoms with Crippen LogP contribution in [0.15, 0.2) is 5.10 Å². The Labute approximate surface area is 71.3 Å². The van der Waals surface area contributed by atoms with Gasteiger partial charge in [-0.15, -0.1) is 5.10 Å². The average molecular weight is 171 g/mol. The van der Waals surface area contributed by atoms with E-state index in [2.05, 4.69) is 10.5 Å². The molecule has 0 aromatic rings. The number of nitrogens with one attached hydrogen (secondary N) is 1. The van der Waals surface area contributed by atoms with Gasteiger partial charge in [0.25, 0.3) is 0 Å². The largest absolute Gasteiger partial charge is 0.457 e. The molecule has 0 radical (unpaired) electrons. The summed E-state index contributed by atoms with van der Waals surface area (Å²) in [5.41, 5.74) is 2.19. The molecule has 0 atom stereocenters. The van der Waals surface area contributed by atoms with Gasteiger partial charge in [-0.05, 0) is 0 Å². The molecule has 1 aliphatic rings. The van der Waals surface area contributed by atoms with Crippen LogP contribution in [0.1, 0.15) is 20.8 Å². The molecule has 0 fully saturated rings. The number of hydrogen-bond donors (Lipinski definition) is 1. The van der Waals surface area contributed by atoms with Crippen LogP contribution in [0, 0.1) is 5.41 Å². The first kappa shape index (κ1) is 8.83. The number of ether oxygens (including phenoxy) is 1. The first-order chi connectivity index (χ1) is 5.50. The molecule has 5 nitrogen and oxygen atoms in total. The van der Waals surface area contributed by atoms with Crippen LogP contribution in [0.3, 0.4) is 0 Å². The van der Waals surface area contributed by atoms with Crippen molar-refractivity contribution in [1.29, 1.82) is 0 Å². The van der Waals surface area contributed by atoms with Gasteiger partial charge in [0, 0.05) is 5.41 Å². The minimum Gasteiger partial charge on any atom is -0.457 e. The number of amides is 1. The summed E-state index contributed by atoms with van der Waals surface area (Å²) in [6, 6.07) is 0. The van der Waals surface area contributed by atoms with Gasteiger partial charge in [-0.1, -0.05) is 20.8 Å². The number of hydrazone groups is 1. The van der Waals surface area contributed by atoms with E-state index in [9.17, 15) is 4.79 Å². The predicted molar refractivity (Wildman–Crippen MR) is 43.9 cm³/mol. The fraction of sp³-hybridized carbons (Fsp3) is 0.714. The zero-order valence-corrected chi connectivity index (χ0v) is 7.50. The highest BCUT2D eigenvalue weighted by Crippen LogP contribution is 2.12. The van der Waals surface area contributed by atoms with Crippen LogP contribution in [-0.4, -0.2) is 24.2 Å². The zero-order valence-electron chi connectivity index (χ0n) is 7.50. The lowest BCUT2D eigenvalue weighted by Crippen LogP contribution is -2.43. The number of hydrazine groups is 1. The first-order valence-corrected chi connectivity index (χ1v) is 3.73. The molecule has 0 saturated carbocycles. The molecule has 0 aliphatic carbocycles. The third-order valence-electron chi connectivity index (χ3n) is 1.37. The molecule has 0 unspecified atom stereocenters. The lowest BCUT2D eigenvalue weighted by molar-refractivity contribution is -0.134. The Kier molecular flexibility index (Phi) is 2.21. The Balaban J connectivity index is 2.41. The summed E-state index contributed by atoms with van der Waals surface area (Å²) in [6.07, 6.45) is 1.29. The second-order valence-corrected chi connectivity index (χ2v) is 3.61. The maximum absolute atomic E-state index is 11.3. The van der Waals surface area contributed by atoms with Crippen LogP contribution >= 0.6 is 0 Å². The van der Waals surface area contributed by atoms with Crippen LogP contribution in [-0.2, 0) is 9.53 Å². The van der Waals surface area contributed by atoms with E-state index >= 15 is 0 Å². The maximum atomic E-state index is 11.3. The van der Waals surface area contributed by atoms with E-state index < -0.39 is 5.41 Å². The third-order valence-corrected chi connectivity index (χ3v) is 1.37. The lowest BCUT2D eigenvalue weighted by Gasteiger charge is -2.21. The van der Waals surface area contributed by atoms with E-state index in [1.54, 1.807) is 0 Å². The minimum atomic E-state index is -0.405. The number of rotatable bonds is 1. The second-order valence-electron chi connectivity index (χ2n) is 3.61. The topological polar surface area (TPSA) is 53.9 Å². The van der Waals surface area contributed by atoms with Crippen LogP contribution < -0.4 is 5.43 Å². The normalized spacial score (nSPS) is 16.1. The Morgan fingerprint density at radius 1 is 1.67 bits per heavy atom. The summed E-state index contributed by atoms with van der Waals surface area (Å²) >= 11 is 0. The number of carbonyl (C=O) groups excluding carboxylic acids is 1. The van der Waals surface area contributed by atoms with Gasteiger partial charge in [0.2, 0.25) is 5.91 Å². The summed E-state index contributed by atoms with van der Waals surface area (Å²) in [6.45, 7) is 5.79. The van der Waals surface area contributed by atoms with Crippen molar-refractivity contribution in [2.24, 2.45) is 10.5 Å². The van der Waals surface area contributed by atoms with Gasteiger partial charge in [0.1, 0.15) is 0 Å². The Bertz CT molecular complexity index is 207. The zero-order chi connectivity index (χ0) is 9.19. The van der Waals surface area contributed by atoms with Crippen molar-refractivity contribution < 1.29 is 9.53 Å². The van der Waals surface area contributed by atoms with Crippen molar-refractivity contribution in [2.45, 2.75) is 20.8 Å². The monoisotopic (exact) mass is 171 g/mol. The van der Waals surface area contributed by atoms with E-state index in [0.717, 1.165) is 0 Å². The maximum Gasteiger partial charge on any atom is 0.245 e. The molecule has 12 heavy (non-hydrogen) atoms. The molecule has 0 aromatic heterocycles. The molecule has 0 saturated heterocycles. The average Bonchev–Trinajstić information content (AvgIpc) is 2.37. The molecule has 1 heterocycles. The van der Waals surface area contributed by atoms with E-state index in [4.69, 9.17) is 4.74 Å². The van der Waals surface area contributed by atoms with Gasteiger partial charge >= 0.3 is 0 Å². The predicted octanol–water partition coefficient (Wildman–Crippen LogP) is 0.297. The van der Waals surface area contributed by atoms with Crippen molar-refractivity contribution in [3.8, 4) is 0 Å². The van der Waals surface area contributed by atoms with Crippen molar-refractivity contribution in [1.82, 2.24) is 10.5 Å². The van der Waals surface area contributed by atoms with Crippen LogP contribution in [0.2, 0.25) is 0 Å². The van der Waals surface area contributed by atoms with Crippen LogP contribution in [0.25, 0.3) is 0 Å². The summed E-state index contributed by atoms with van der Waals surface area (Å²) in [5.74, 6) is -0.0786. The SMILES string of the molecule is CC(C)(C)C(=O)NN1COC=N1. The molecule has 0 bridgehead atoms. The summed E-state index contributed by atoms with van der Waals surface area (Å²) in [4.78, 5) is 11.3. The Morgan fingerprint density at radius 2 is 2.33 bits per heavy atom. The summed E-state index contributed by atoms with van der Waals surface area (Å²) < 4.78 is 4.79. The molecule has 1 amide bonds. The molecule has 68 valence electrons.